The molecule has 0 saturated heterocycles. The highest BCUT2D eigenvalue weighted by Crippen LogP contribution is 2.35. The highest BCUT2D eigenvalue weighted by atomic mass is 16.5. The van der Waals surface area contributed by atoms with Crippen molar-refractivity contribution < 1.29 is 28.7 Å². The second-order valence-corrected chi connectivity index (χ2v) is 12.7. The van der Waals surface area contributed by atoms with Gasteiger partial charge in [-0.2, -0.15) is 0 Å². The van der Waals surface area contributed by atoms with E-state index in [-0.39, 0.29) is 44.2 Å². The van der Waals surface area contributed by atoms with Crippen LogP contribution in [-0.4, -0.2) is 71.3 Å². The molecule has 6 rings (SSSR count). The molecule has 2 aromatic carbocycles. The van der Waals surface area contributed by atoms with E-state index in [9.17, 15) is 24.0 Å². The number of hydrogen-bond donors (Lipinski definition) is 5. The molecule has 258 valence electrons. The van der Waals surface area contributed by atoms with Crippen LogP contribution in [0.3, 0.4) is 0 Å². The van der Waals surface area contributed by atoms with Gasteiger partial charge in [0.1, 0.15) is 36.0 Å². The lowest BCUT2D eigenvalue weighted by molar-refractivity contribution is -0.134. The minimum atomic E-state index is -1.05. The van der Waals surface area contributed by atoms with Crippen molar-refractivity contribution in [2.24, 2.45) is 0 Å². The molecule has 3 heterocycles. The molecule has 2 aliphatic heterocycles. The van der Waals surface area contributed by atoms with Crippen molar-refractivity contribution in [3.05, 3.63) is 95.8 Å². The van der Waals surface area contributed by atoms with Gasteiger partial charge in [0.25, 0.3) is 0 Å². The predicted octanol–water partition coefficient (Wildman–Crippen LogP) is 1.91. The first-order chi connectivity index (χ1) is 23.7. The first-order valence-electron chi connectivity index (χ1n) is 16.9. The number of ether oxygens (including phenoxy) is 1. The minimum Gasteiger partial charge on any atom is -0.492 e. The van der Waals surface area contributed by atoms with Crippen LogP contribution < -0.4 is 31.3 Å². The van der Waals surface area contributed by atoms with Crippen molar-refractivity contribution in [1.29, 1.82) is 0 Å². The Morgan fingerprint density at radius 3 is 2.37 bits per heavy atom. The largest absolute Gasteiger partial charge is 0.492 e. The Hall–Kier alpha value is -5.26. The van der Waals surface area contributed by atoms with Crippen LogP contribution in [0.5, 0.6) is 5.75 Å². The molecule has 1 saturated carbocycles. The monoisotopic (exact) mass is 668 g/mol. The standard InChI is InChI=1S/C37H44N6O6/c1-25-33(45)42-31(22-26-8-3-2-4-9-26)35(47)43-37(17-18-37)36(48)39-20-21-49-29-15-13-27(14-16-29)23-30(34(46)40-25)41-32(44)12-6-5-10-28-11-7-19-38-24-28/h2-4,7-9,11,13-16,19,24-25,30-31H,5-6,10,12,17-18,20-23H2,1H3,(H,39,48)(H,40,46)(H,41,44)(H,42,45)(H,43,47)/t25-,30-,31+/m0/s1. The van der Waals surface area contributed by atoms with Gasteiger partial charge in [0, 0.05) is 31.7 Å². The van der Waals surface area contributed by atoms with Crippen molar-refractivity contribution in [1.82, 2.24) is 31.6 Å². The Labute approximate surface area is 286 Å². The van der Waals surface area contributed by atoms with Crippen molar-refractivity contribution in [2.45, 2.75) is 82.0 Å². The molecule has 5 amide bonds. The van der Waals surface area contributed by atoms with E-state index >= 15 is 0 Å². The average Bonchev–Trinajstić information content (AvgIpc) is 3.89. The molecule has 2 bridgehead atoms. The first-order valence-corrected chi connectivity index (χ1v) is 16.9. The number of carbonyl (C=O) groups is 5. The summed E-state index contributed by atoms with van der Waals surface area (Å²) in [6.07, 6.45) is 7.29. The van der Waals surface area contributed by atoms with E-state index in [1.54, 1.807) is 24.5 Å². The lowest BCUT2D eigenvalue weighted by atomic mass is 10.0. The Morgan fingerprint density at radius 1 is 0.898 bits per heavy atom. The van der Waals surface area contributed by atoms with E-state index in [4.69, 9.17) is 4.74 Å². The highest BCUT2D eigenvalue weighted by Gasteiger charge is 2.51. The van der Waals surface area contributed by atoms with E-state index in [2.05, 4.69) is 31.6 Å². The molecule has 1 spiro atoms. The maximum atomic E-state index is 13.6. The number of pyridine rings is 1. The fourth-order valence-corrected chi connectivity index (χ4v) is 5.69. The van der Waals surface area contributed by atoms with Crippen molar-refractivity contribution in [3.8, 4) is 5.75 Å². The van der Waals surface area contributed by atoms with Crippen LogP contribution in [0.25, 0.3) is 0 Å². The number of amides is 5. The zero-order valence-electron chi connectivity index (χ0n) is 27.7. The summed E-state index contributed by atoms with van der Waals surface area (Å²) in [7, 11) is 0. The average molecular weight is 669 g/mol. The van der Waals surface area contributed by atoms with Crippen LogP contribution in [0.1, 0.15) is 55.7 Å². The van der Waals surface area contributed by atoms with Gasteiger partial charge in [0.05, 0.1) is 6.54 Å². The molecule has 3 atom stereocenters. The number of rotatable bonds is 8. The van der Waals surface area contributed by atoms with Gasteiger partial charge in [-0.15, -0.1) is 0 Å². The minimum absolute atomic E-state index is 0.180. The van der Waals surface area contributed by atoms with Crippen molar-refractivity contribution >= 4 is 29.5 Å². The van der Waals surface area contributed by atoms with Crippen LogP contribution in [-0.2, 0) is 43.2 Å². The number of aromatic nitrogens is 1. The van der Waals surface area contributed by atoms with Gasteiger partial charge < -0.3 is 31.3 Å². The van der Waals surface area contributed by atoms with Crippen LogP contribution in [0.2, 0.25) is 0 Å². The maximum absolute atomic E-state index is 13.6. The maximum Gasteiger partial charge on any atom is 0.245 e. The lowest BCUT2D eigenvalue weighted by Gasteiger charge is -2.25. The highest BCUT2D eigenvalue weighted by molar-refractivity contribution is 5.98. The molecule has 12 nitrogen and oxygen atoms in total. The molecule has 1 aliphatic carbocycles. The van der Waals surface area contributed by atoms with Crippen molar-refractivity contribution in [3.63, 3.8) is 0 Å². The third kappa shape index (κ3) is 10.4. The molecule has 5 N–H and O–H groups in total. The summed E-state index contributed by atoms with van der Waals surface area (Å²) in [4.78, 5) is 70.8. The molecule has 3 aliphatic rings. The molecule has 1 fully saturated rings. The van der Waals surface area contributed by atoms with E-state index in [0.717, 1.165) is 29.5 Å². The van der Waals surface area contributed by atoms with E-state index < -0.39 is 41.4 Å². The number of unbranched alkanes of at least 4 members (excludes halogenated alkanes) is 1. The predicted molar refractivity (Wildman–Crippen MR) is 182 cm³/mol. The van der Waals surface area contributed by atoms with Crippen LogP contribution in [0.4, 0.5) is 0 Å². The normalized spacial score (nSPS) is 21.4. The summed E-state index contributed by atoms with van der Waals surface area (Å²) in [6, 6.07) is 17.2. The van der Waals surface area contributed by atoms with E-state index in [1.807, 2.05) is 54.6 Å². The van der Waals surface area contributed by atoms with Gasteiger partial charge in [-0.05, 0) is 73.9 Å². The van der Waals surface area contributed by atoms with Crippen LogP contribution in [0.15, 0.2) is 79.1 Å². The SMILES string of the molecule is C[C@@H]1NC(=O)[C@@H](NC(=O)CCCCc2cccnc2)Cc2ccc(cc2)OCCNC(=O)C2(CC2)NC(=O)[C@@H](Cc2ccccc2)NC1=O. The Morgan fingerprint density at radius 2 is 1.65 bits per heavy atom. The number of aryl methyl sites for hydroxylation is 1. The number of carbonyl (C=O) groups excluding carboxylic acids is 5. The molecule has 0 unspecified atom stereocenters. The molecular weight excluding hydrogens is 624 g/mol. The number of nitrogens with zero attached hydrogens (tertiary/aromatic N) is 1. The number of fused-ring (bicyclic) bond motifs is 15. The quantitative estimate of drug-likeness (QED) is 0.181. The van der Waals surface area contributed by atoms with Gasteiger partial charge in [-0.25, -0.2) is 0 Å². The van der Waals surface area contributed by atoms with Crippen LogP contribution >= 0.6 is 0 Å². The second kappa shape index (κ2) is 16.7. The van der Waals surface area contributed by atoms with Gasteiger partial charge in [0.15, 0.2) is 0 Å². The Balaban J connectivity index is 1.30. The Bertz CT molecular complexity index is 1600. The first kappa shape index (κ1) is 35.1. The summed E-state index contributed by atoms with van der Waals surface area (Å²) in [6.45, 7) is 1.97. The van der Waals surface area contributed by atoms with Crippen LogP contribution in [0, 0.1) is 0 Å². The number of benzene rings is 2. The molecular formula is C37H44N6O6. The second-order valence-electron chi connectivity index (χ2n) is 12.7. The van der Waals surface area contributed by atoms with Gasteiger partial charge in [-0.3, -0.25) is 29.0 Å². The summed E-state index contributed by atoms with van der Waals surface area (Å²) < 4.78 is 5.81. The van der Waals surface area contributed by atoms with Gasteiger partial charge in [-0.1, -0.05) is 48.5 Å². The number of hydrogen-bond acceptors (Lipinski definition) is 7. The topological polar surface area (TPSA) is 168 Å². The number of nitrogens with one attached hydrogen (secondary N) is 5. The molecule has 49 heavy (non-hydrogen) atoms. The van der Waals surface area contributed by atoms with Gasteiger partial charge in [0.2, 0.25) is 29.5 Å². The van der Waals surface area contributed by atoms with E-state index in [1.165, 1.54) is 6.92 Å². The lowest BCUT2D eigenvalue weighted by Crippen LogP contribution is -2.59. The summed E-state index contributed by atoms with van der Waals surface area (Å²) in [5.41, 5.74) is 1.63. The van der Waals surface area contributed by atoms with Crippen molar-refractivity contribution in [2.75, 3.05) is 13.2 Å². The fraction of sp³-hybridized carbons (Fsp3) is 0.405. The molecule has 0 radical (unpaired) electrons. The third-order valence-electron chi connectivity index (χ3n) is 8.73. The summed E-state index contributed by atoms with van der Waals surface area (Å²) in [5.74, 6) is -1.60. The smallest absolute Gasteiger partial charge is 0.245 e. The van der Waals surface area contributed by atoms with Gasteiger partial charge >= 0.3 is 0 Å². The summed E-state index contributed by atoms with van der Waals surface area (Å²) >= 11 is 0. The summed E-state index contributed by atoms with van der Waals surface area (Å²) in [5, 5.41) is 14.1. The molecule has 3 aromatic rings. The fourth-order valence-electron chi connectivity index (χ4n) is 5.69. The Kier molecular flexibility index (Phi) is 12.0. The molecule has 12 heteroatoms. The van der Waals surface area contributed by atoms with E-state index in [0.29, 0.717) is 25.0 Å². The zero-order chi connectivity index (χ0) is 34.6. The molecule has 1 aromatic heterocycles. The third-order valence-corrected chi connectivity index (χ3v) is 8.73. The zero-order valence-corrected chi connectivity index (χ0v) is 27.7.